The maximum absolute atomic E-state index is 14.0. The van der Waals surface area contributed by atoms with E-state index in [1.807, 2.05) is 0 Å². The van der Waals surface area contributed by atoms with Crippen LogP contribution in [-0.4, -0.2) is 48.3 Å². The summed E-state index contributed by atoms with van der Waals surface area (Å²) in [7, 11) is 0. The van der Waals surface area contributed by atoms with Gasteiger partial charge >= 0.3 is 0 Å². The maximum Gasteiger partial charge on any atom is 0.259 e. The Morgan fingerprint density at radius 1 is 1.38 bits per heavy atom. The molecule has 1 heterocycles. The molecular formula is C15H19F2NO3. The van der Waals surface area contributed by atoms with Gasteiger partial charge in [-0.3, -0.25) is 4.79 Å². The van der Waals surface area contributed by atoms with Crippen LogP contribution in [0.4, 0.5) is 8.78 Å². The largest absolute Gasteiger partial charge is 0.394 e. The van der Waals surface area contributed by atoms with Crippen LogP contribution in [0.5, 0.6) is 0 Å². The van der Waals surface area contributed by atoms with Gasteiger partial charge in [-0.1, -0.05) is 6.07 Å². The van der Waals surface area contributed by atoms with E-state index in [1.54, 1.807) is 0 Å². The number of piperidine rings is 1. The number of halogens is 2. The smallest absolute Gasteiger partial charge is 0.259 e. The number of hydrogen-bond donors (Lipinski definition) is 1. The molecule has 1 amide bonds. The van der Waals surface area contributed by atoms with Gasteiger partial charge < -0.3 is 14.7 Å². The molecule has 0 aliphatic carbocycles. The van der Waals surface area contributed by atoms with Gasteiger partial charge in [0.2, 0.25) is 0 Å². The molecule has 4 nitrogen and oxygen atoms in total. The number of rotatable bonds is 4. The molecule has 1 fully saturated rings. The Morgan fingerprint density at radius 3 is 2.67 bits per heavy atom. The fraction of sp³-hybridized carbons (Fsp3) is 0.533. The number of amides is 1. The van der Waals surface area contributed by atoms with Gasteiger partial charge in [0.15, 0.2) is 0 Å². The minimum absolute atomic E-state index is 0.0200. The van der Waals surface area contributed by atoms with Crippen LogP contribution in [0.15, 0.2) is 12.1 Å². The first-order valence-corrected chi connectivity index (χ1v) is 7.01. The predicted octanol–water partition coefficient (Wildman–Crippen LogP) is 1.89. The lowest BCUT2D eigenvalue weighted by Crippen LogP contribution is -2.41. The van der Waals surface area contributed by atoms with Gasteiger partial charge in [-0.25, -0.2) is 8.78 Å². The SMILES string of the molecule is Cc1ccc(F)c(C(=O)N2CCC(OCCO)CC2)c1F. The number of carbonyl (C=O) groups is 1. The van der Waals surface area contributed by atoms with Crippen molar-refractivity contribution in [1.82, 2.24) is 4.90 Å². The van der Waals surface area contributed by atoms with Crippen LogP contribution in [0.1, 0.15) is 28.8 Å². The lowest BCUT2D eigenvalue weighted by molar-refractivity contribution is -0.00570. The van der Waals surface area contributed by atoms with Crippen molar-refractivity contribution in [2.75, 3.05) is 26.3 Å². The number of hydrogen-bond acceptors (Lipinski definition) is 3. The van der Waals surface area contributed by atoms with E-state index in [9.17, 15) is 13.6 Å². The molecule has 1 aliphatic heterocycles. The van der Waals surface area contributed by atoms with Crippen LogP contribution in [0.2, 0.25) is 0 Å². The zero-order chi connectivity index (χ0) is 15.4. The zero-order valence-corrected chi connectivity index (χ0v) is 11.9. The standard InChI is InChI=1S/C15H19F2NO3/c1-10-2-3-12(16)13(14(10)17)15(20)18-6-4-11(5-7-18)21-9-8-19/h2-3,11,19H,4-9H2,1H3. The summed E-state index contributed by atoms with van der Waals surface area (Å²) >= 11 is 0. The highest BCUT2D eigenvalue weighted by atomic mass is 19.1. The van der Waals surface area contributed by atoms with Crippen LogP contribution in [0.25, 0.3) is 0 Å². The highest BCUT2D eigenvalue weighted by Gasteiger charge is 2.28. The molecule has 6 heteroatoms. The topological polar surface area (TPSA) is 49.8 Å². The van der Waals surface area contributed by atoms with Crippen molar-refractivity contribution in [2.45, 2.75) is 25.9 Å². The number of aliphatic hydroxyl groups excluding tert-OH is 1. The Kier molecular flexibility index (Phi) is 5.25. The van der Waals surface area contributed by atoms with Crippen molar-refractivity contribution in [2.24, 2.45) is 0 Å². The number of likely N-dealkylation sites (tertiary alicyclic amines) is 1. The summed E-state index contributed by atoms with van der Waals surface area (Å²) in [5.74, 6) is -2.24. The van der Waals surface area contributed by atoms with Crippen LogP contribution in [0, 0.1) is 18.6 Å². The van der Waals surface area contributed by atoms with E-state index in [2.05, 4.69) is 0 Å². The van der Waals surface area contributed by atoms with Gasteiger partial charge in [0, 0.05) is 13.1 Å². The van der Waals surface area contributed by atoms with Gasteiger partial charge in [0.1, 0.15) is 17.2 Å². The molecule has 0 atom stereocenters. The Hall–Kier alpha value is -1.53. The third-order valence-corrected chi connectivity index (χ3v) is 3.67. The van der Waals surface area contributed by atoms with E-state index in [4.69, 9.17) is 9.84 Å². The highest BCUT2D eigenvalue weighted by molar-refractivity contribution is 5.95. The molecule has 1 N–H and O–H groups in total. The Labute approximate surface area is 122 Å². The second-order valence-corrected chi connectivity index (χ2v) is 5.14. The molecule has 0 radical (unpaired) electrons. The van der Waals surface area contributed by atoms with Gasteiger partial charge in [0.05, 0.1) is 19.3 Å². The molecule has 0 aromatic heterocycles. The van der Waals surface area contributed by atoms with Gasteiger partial charge in [-0.15, -0.1) is 0 Å². The lowest BCUT2D eigenvalue weighted by atomic mass is 10.0. The van der Waals surface area contributed by atoms with Crippen LogP contribution in [0.3, 0.4) is 0 Å². The molecule has 1 saturated heterocycles. The van der Waals surface area contributed by atoms with E-state index >= 15 is 0 Å². The van der Waals surface area contributed by atoms with E-state index in [0.29, 0.717) is 25.9 Å². The highest BCUT2D eigenvalue weighted by Crippen LogP contribution is 2.21. The van der Waals surface area contributed by atoms with Crippen LogP contribution in [-0.2, 0) is 4.74 Å². The molecule has 0 saturated carbocycles. The molecule has 0 spiro atoms. The summed E-state index contributed by atoms with van der Waals surface area (Å²) in [5.41, 5.74) is -0.231. The second kappa shape index (κ2) is 6.95. The van der Waals surface area contributed by atoms with Crippen molar-refractivity contribution in [1.29, 1.82) is 0 Å². The van der Waals surface area contributed by atoms with Gasteiger partial charge in [-0.05, 0) is 31.4 Å². The van der Waals surface area contributed by atoms with E-state index in [1.165, 1.54) is 17.9 Å². The molecule has 116 valence electrons. The van der Waals surface area contributed by atoms with Crippen LogP contribution >= 0.6 is 0 Å². The second-order valence-electron chi connectivity index (χ2n) is 5.14. The summed E-state index contributed by atoms with van der Waals surface area (Å²) in [6.07, 6.45) is 1.18. The average molecular weight is 299 g/mol. The minimum atomic E-state index is -0.832. The maximum atomic E-state index is 14.0. The quantitative estimate of drug-likeness (QED) is 0.923. The van der Waals surface area contributed by atoms with Crippen LogP contribution < -0.4 is 0 Å². The third kappa shape index (κ3) is 3.57. The first kappa shape index (κ1) is 15.9. The average Bonchev–Trinajstić information content (AvgIpc) is 2.49. The van der Waals surface area contributed by atoms with Crippen molar-refractivity contribution >= 4 is 5.91 Å². The summed E-state index contributed by atoms with van der Waals surface area (Å²) in [4.78, 5) is 13.7. The fourth-order valence-corrected chi connectivity index (χ4v) is 2.46. The Morgan fingerprint density at radius 2 is 2.05 bits per heavy atom. The summed E-state index contributed by atoms with van der Waals surface area (Å²) in [6, 6.07) is 2.43. The number of ether oxygens (including phenoxy) is 1. The van der Waals surface area contributed by atoms with Gasteiger partial charge in [0.25, 0.3) is 5.91 Å². The van der Waals surface area contributed by atoms with Crippen molar-refractivity contribution in [3.05, 3.63) is 34.9 Å². The Bertz CT molecular complexity index is 514. The normalized spacial score (nSPS) is 16.3. The van der Waals surface area contributed by atoms with Gasteiger partial charge in [-0.2, -0.15) is 0 Å². The number of carbonyl (C=O) groups excluding carboxylic acids is 1. The van der Waals surface area contributed by atoms with Crippen molar-refractivity contribution in [3.63, 3.8) is 0 Å². The van der Waals surface area contributed by atoms with Crippen molar-refractivity contribution < 1.29 is 23.4 Å². The number of benzene rings is 1. The fourth-order valence-electron chi connectivity index (χ4n) is 2.46. The first-order valence-electron chi connectivity index (χ1n) is 7.01. The monoisotopic (exact) mass is 299 g/mol. The number of aliphatic hydroxyl groups is 1. The third-order valence-electron chi connectivity index (χ3n) is 3.67. The number of aryl methyl sites for hydroxylation is 1. The summed E-state index contributed by atoms with van der Waals surface area (Å²) in [5, 5.41) is 8.70. The lowest BCUT2D eigenvalue weighted by Gasteiger charge is -2.32. The molecule has 21 heavy (non-hydrogen) atoms. The zero-order valence-electron chi connectivity index (χ0n) is 11.9. The predicted molar refractivity (Wildman–Crippen MR) is 73.1 cm³/mol. The summed E-state index contributed by atoms with van der Waals surface area (Å²) in [6.45, 7) is 2.50. The first-order chi connectivity index (χ1) is 10.0. The van der Waals surface area contributed by atoms with E-state index in [-0.39, 0.29) is 24.9 Å². The molecule has 0 bridgehead atoms. The number of nitrogens with zero attached hydrogens (tertiary/aromatic N) is 1. The van der Waals surface area contributed by atoms with E-state index in [0.717, 1.165) is 6.07 Å². The minimum Gasteiger partial charge on any atom is -0.394 e. The Balaban J connectivity index is 2.04. The van der Waals surface area contributed by atoms with Crippen molar-refractivity contribution in [3.8, 4) is 0 Å². The molecule has 0 unspecified atom stereocenters. The molecule has 2 rings (SSSR count). The van der Waals surface area contributed by atoms with E-state index < -0.39 is 23.1 Å². The molecule has 1 aliphatic rings. The molecule has 1 aromatic carbocycles. The molecule has 1 aromatic rings. The molecular weight excluding hydrogens is 280 g/mol. The summed E-state index contributed by atoms with van der Waals surface area (Å²) < 4.78 is 33.1.